The minimum Gasteiger partial charge on any atom is -0.359 e. The molecule has 0 aromatic carbocycles. The number of hydrogen-bond acceptors (Lipinski definition) is 6. The molecule has 0 amide bonds. The molecule has 2 aromatic heterocycles. The fraction of sp³-hybridized carbons (Fsp3) is 0.500. The fourth-order valence-electron chi connectivity index (χ4n) is 2.03. The molecule has 2 heterocycles. The van der Waals surface area contributed by atoms with E-state index in [0.717, 1.165) is 18.0 Å². The van der Waals surface area contributed by atoms with E-state index in [0.29, 0.717) is 31.4 Å². The number of nitrogens with one attached hydrogen (secondary N) is 3. The second kappa shape index (κ2) is 9.19. The van der Waals surface area contributed by atoms with Gasteiger partial charge in [0.25, 0.3) is 0 Å². The number of rotatable bonds is 7. The first kappa shape index (κ1) is 20.5. The maximum atomic E-state index is 12.6. The van der Waals surface area contributed by atoms with Crippen molar-refractivity contribution in [3.8, 4) is 0 Å². The molecule has 3 N–H and O–H groups in total. The molecule has 0 aliphatic rings. The van der Waals surface area contributed by atoms with E-state index in [1.54, 1.807) is 7.05 Å². The molecule has 0 atom stereocenters. The van der Waals surface area contributed by atoms with E-state index in [4.69, 9.17) is 4.52 Å². The van der Waals surface area contributed by atoms with Crippen molar-refractivity contribution in [2.75, 3.05) is 25.5 Å². The summed E-state index contributed by atoms with van der Waals surface area (Å²) in [5, 5.41) is 12.8. The number of halogens is 3. The normalized spacial score (nSPS) is 12.3. The zero-order chi connectivity index (χ0) is 19.9. The van der Waals surface area contributed by atoms with Crippen LogP contribution in [0.5, 0.6) is 0 Å². The summed E-state index contributed by atoms with van der Waals surface area (Å²) >= 11 is 0. The number of nitrogens with zero attached hydrogens (tertiary/aromatic N) is 4. The van der Waals surface area contributed by atoms with Gasteiger partial charge in [0.05, 0.1) is 12.2 Å². The largest absolute Gasteiger partial charge is 0.433 e. The molecule has 0 fully saturated rings. The second-order valence-electron chi connectivity index (χ2n) is 5.92. The quantitative estimate of drug-likeness (QED) is 0.382. The summed E-state index contributed by atoms with van der Waals surface area (Å²) in [6, 6.07) is 2.70. The zero-order valence-corrected chi connectivity index (χ0v) is 15.3. The molecule has 27 heavy (non-hydrogen) atoms. The number of alkyl halides is 3. The molecule has 0 aliphatic carbocycles. The second-order valence-corrected chi connectivity index (χ2v) is 5.92. The first-order chi connectivity index (χ1) is 12.8. The van der Waals surface area contributed by atoms with E-state index >= 15 is 0 Å². The topological polar surface area (TPSA) is 100 Å². The monoisotopic (exact) mass is 385 g/mol. The molecule has 0 saturated carbocycles. The van der Waals surface area contributed by atoms with Crippen LogP contribution in [0.25, 0.3) is 0 Å². The van der Waals surface area contributed by atoms with E-state index in [9.17, 15) is 13.2 Å². The molecular formula is C16H22F3N7O. The molecule has 0 radical (unpaired) electrons. The van der Waals surface area contributed by atoms with E-state index < -0.39 is 11.9 Å². The lowest BCUT2D eigenvalue weighted by molar-refractivity contribution is -0.141. The van der Waals surface area contributed by atoms with E-state index in [-0.39, 0.29) is 11.9 Å². The highest BCUT2D eigenvalue weighted by Crippen LogP contribution is 2.27. The van der Waals surface area contributed by atoms with Crippen molar-refractivity contribution in [2.24, 2.45) is 4.99 Å². The molecule has 0 aliphatic heterocycles. The Morgan fingerprint density at radius 2 is 2.04 bits per heavy atom. The zero-order valence-electron chi connectivity index (χ0n) is 15.3. The molecule has 2 aromatic rings. The van der Waals surface area contributed by atoms with Crippen LogP contribution in [0, 0.1) is 0 Å². The Bertz CT molecular complexity index is 758. The third kappa shape index (κ3) is 6.42. The maximum absolute atomic E-state index is 12.6. The standard InChI is InChI=1S/C16H22F3N7O/c1-10(2)12-8-11(27-26-12)9-24-14(20-3)22-6-7-23-15-21-5-4-13(25-15)16(17,18)19/h4-5,8,10H,6-7,9H2,1-3H3,(H2,20,22,24)(H,21,23,25). The molecule has 0 unspecified atom stereocenters. The van der Waals surface area contributed by atoms with Gasteiger partial charge in [0.2, 0.25) is 5.95 Å². The van der Waals surface area contributed by atoms with Crippen molar-refractivity contribution in [1.82, 2.24) is 25.8 Å². The van der Waals surface area contributed by atoms with E-state index in [1.807, 2.05) is 19.9 Å². The number of hydrogen-bond donors (Lipinski definition) is 3. The molecule has 8 nitrogen and oxygen atoms in total. The summed E-state index contributed by atoms with van der Waals surface area (Å²) in [6.07, 6.45) is -3.44. The van der Waals surface area contributed by atoms with E-state index in [1.165, 1.54) is 0 Å². The number of aliphatic imine (C=N–C) groups is 1. The van der Waals surface area contributed by atoms with Crippen LogP contribution in [0.2, 0.25) is 0 Å². The van der Waals surface area contributed by atoms with Gasteiger partial charge in [-0.05, 0) is 12.0 Å². The van der Waals surface area contributed by atoms with Crippen molar-refractivity contribution in [3.63, 3.8) is 0 Å². The maximum Gasteiger partial charge on any atom is 0.433 e. The van der Waals surface area contributed by atoms with Crippen LogP contribution in [0.1, 0.15) is 36.9 Å². The van der Waals surface area contributed by atoms with Gasteiger partial charge in [0.15, 0.2) is 11.7 Å². The van der Waals surface area contributed by atoms with Crippen LogP contribution < -0.4 is 16.0 Å². The van der Waals surface area contributed by atoms with Crippen molar-refractivity contribution >= 4 is 11.9 Å². The Morgan fingerprint density at radius 1 is 1.26 bits per heavy atom. The average Bonchev–Trinajstić information content (AvgIpc) is 3.10. The molecule has 11 heteroatoms. The van der Waals surface area contributed by atoms with Crippen LogP contribution in [-0.4, -0.2) is 41.2 Å². The van der Waals surface area contributed by atoms with Crippen LogP contribution in [-0.2, 0) is 12.7 Å². The molecule has 148 valence electrons. The summed E-state index contributed by atoms with van der Waals surface area (Å²) in [5.74, 6) is 1.39. The number of guanidine groups is 1. The van der Waals surface area contributed by atoms with Crippen LogP contribution >= 0.6 is 0 Å². The summed E-state index contributed by atoms with van der Waals surface area (Å²) < 4.78 is 43.1. The summed E-state index contributed by atoms with van der Waals surface area (Å²) in [4.78, 5) is 11.3. The molecular weight excluding hydrogens is 363 g/mol. The SMILES string of the molecule is CN=C(NCCNc1nccc(C(F)(F)F)n1)NCc1cc(C(C)C)no1. The average molecular weight is 385 g/mol. The van der Waals surface area contributed by atoms with Crippen LogP contribution in [0.3, 0.4) is 0 Å². The highest BCUT2D eigenvalue weighted by atomic mass is 19.4. The smallest absolute Gasteiger partial charge is 0.359 e. The molecule has 0 spiro atoms. The lowest BCUT2D eigenvalue weighted by Crippen LogP contribution is -2.39. The minimum atomic E-state index is -4.50. The first-order valence-corrected chi connectivity index (χ1v) is 8.33. The minimum absolute atomic E-state index is 0.0857. The van der Waals surface area contributed by atoms with Gasteiger partial charge < -0.3 is 20.5 Å². The van der Waals surface area contributed by atoms with Crippen LogP contribution in [0.4, 0.5) is 19.1 Å². The first-order valence-electron chi connectivity index (χ1n) is 8.33. The summed E-state index contributed by atoms with van der Waals surface area (Å²) in [6.45, 7) is 5.16. The Kier molecular flexibility index (Phi) is 6.97. The van der Waals surface area contributed by atoms with Gasteiger partial charge in [-0.3, -0.25) is 4.99 Å². The van der Waals surface area contributed by atoms with Crippen molar-refractivity contribution in [1.29, 1.82) is 0 Å². The summed E-state index contributed by atoms with van der Waals surface area (Å²) in [5.41, 5.74) is -0.113. The van der Waals surface area contributed by atoms with Crippen molar-refractivity contribution < 1.29 is 17.7 Å². The Hall–Kier alpha value is -2.85. The van der Waals surface area contributed by atoms with Gasteiger partial charge in [-0.2, -0.15) is 13.2 Å². The highest BCUT2D eigenvalue weighted by Gasteiger charge is 2.32. The predicted octanol–water partition coefficient (Wildman–Crippen LogP) is 2.38. The van der Waals surface area contributed by atoms with Crippen molar-refractivity contribution in [3.05, 3.63) is 35.5 Å². The molecule has 2 rings (SSSR count). The predicted molar refractivity (Wildman–Crippen MR) is 94.3 cm³/mol. The van der Waals surface area contributed by atoms with Crippen molar-refractivity contribution in [2.45, 2.75) is 32.5 Å². The van der Waals surface area contributed by atoms with Crippen LogP contribution in [0.15, 0.2) is 27.8 Å². The Morgan fingerprint density at radius 3 is 2.67 bits per heavy atom. The van der Waals surface area contributed by atoms with Gasteiger partial charge in [-0.15, -0.1) is 0 Å². The van der Waals surface area contributed by atoms with Gasteiger partial charge in [-0.25, -0.2) is 9.97 Å². The lowest BCUT2D eigenvalue weighted by atomic mass is 10.1. The number of aromatic nitrogens is 3. The van der Waals surface area contributed by atoms with Gasteiger partial charge in [0, 0.05) is 32.4 Å². The van der Waals surface area contributed by atoms with Gasteiger partial charge in [-0.1, -0.05) is 19.0 Å². The fourth-order valence-corrected chi connectivity index (χ4v) is 2.03. The lowest BCUT2D eigenvalue weighted by Gasteiger charge is -2.12. The number of anilines is 1. The summed E-state index contributed by atoms with van der Waals surface area (Å²) in [7, 11) is 1.61. The van der Waals surface area contributed by atoms with Gasteiger partial charge >= 0.3 is 6.18 Å². The Balaban J connectivity index is 1.75. The van der Waals surface area contributed by atoms with E-state index in [2.05, 4.69) is 36.1 Å². The van der Waals surface area contributed by atoms with Gasteiger partial charge in [0.1, 0.15) is 5.69 Å². The third-order valence-electron chi connectivity index (χ3n) is 3.47. The Labute approximate surface area is 154 Å². The highest BCUT2D eigenvalue weighted by molar-refractivity contribution is 5.79. The molecule has 0 saturated heterocycles. The third-order valence-corrected chi connectivity index (χ3v) is 3.47. The molecule has 0 bridgehead atoms.